The van der Waals surface area contributed by atoms with E-state index in [0.717, 1.165) is 16.7 Å². The normalized spacial score (nSPS) is 20.1. The van der Waals surface area contributed by atoms with Gasteiger partial charge in [0.05, 0.1) is 11.7 Å². The molecule has 0 fully saturated rings. The summed E-state index contributed by atoms with van der Waals surface area (Å²) in [6.07, 6.45) is -0.376. The van der Waals surface area contributed by atoms with Crippen molar-refractivity contribution < 1.29 is 4.79 Å². The van der Waals surface area contributed by atoms with Crippen LogP contribution in [0.5, 0.6) is 0 Å². The summed E-state index contributed by atoms with van der Waals surface area (Å²) >= 11 is 24.8. The van der Waals surface area contributed by atoms with E-state index in [4.69, 9.17) is 46.4 Å². The van der Waals surface area contributed by atoms with Crippen molar-refractivity contribution in [2.24, 2.45) is 0 Å². The van der Waals surface area contributed by atoms with Gasteiger partial charge in [0.25, 0.3) is 0 Å². The number of halogens is 4. The molecule has 136 valence electrons. The molecule has 0 amide bonds. The fourth-order valence-electron chi connectivity index (χ4n) is 3.08. The highest BCUT2D eigenvalue weighted by molar-refractivity contribution is 6.35. The average molecular weight is 430 g/mol. The highest BCUT2D eigenvalue weighted by Gasteiger charge is 2.31. The highest BCUT2D eigenvalue weighted by atomic mass is 35.5. The van der Waals surface area contributed by atoms with Crippen LogP contribution in [-0.2, 0) is 4.79 Å². The van der Waals surface area contributed by atoms with Crippen LogP contribution in [0.1, 0.15) is 37.2 Å². The van der Waals surface area contributed by atoms with Gasteiger partial charge in [-0.1, -0.05) is 58.5 Å². The molecule has 2 aromatic carbocycles. The molecule has 0 saturated carbocycles. The minimum absolute atomic E-state index is 0.0610. The van der Waals surface area contributed by atoms with Gasteiger partial charge in [-0.2, -0.15) is 0 Å². The third kappa shape index (κ3) is 3.88. The molecule has 26 heavy (non-hydrogen) atoms. The van der Waals surface area contributed by atoms with Crippen LogP contribution in [0.15, 0.2) is 47.7 Å². The van der Waals surface area contributed by atoms with Crippen molar-refractivity contribution in [1.82, 2.24) is 10.6 Å². The van der Waals surface area contributed by atoms with Gasteiger partial charge in [0, 0.05) is 32.6 Å². The molecule has 0 aromatic heterocycles. The summed E-state index contributed by atoms with van der Waals surface area (Å²) in [5.74, 6) is -0.0610. The van der Waals surface area contributed by atoms with Gasteiger partial charge in [-0.05, 0) is 42.3 Å². The van der Waals surface area contributed by atoms with Gasteiger partial charge >= 0.3 is 0 Å². The summed E-state index contributed by atoms with van der Waals surface area (Å²) in [5.41, 5.74) is 3.01. The molecule has 3 rings (SSSR count). The Morgan fingerprint density at radius 2 is 1.46 bits per heavy atom. The quantitative estimate of drug-likeness (QED) is 0.619. The van der Waals surface area contributed by atoms with Gasteiger partial charge in [0.2, 0.25) is 0 Å². The molecule has 0 radical (unpaired) electrons. The molecule has 2 aromatic rings. The standard InChI is InChI=1S/C19H16Cl4N2O/c1-9-17(10(2)26)24-19(14-6-4-12(21)8-16(14)23)25-18(9)13-5-3-11(20)7-15(13)22/h3-8,18-19,24-25H,1-2H3. The number of allylic oxidation sites excluding steroid dienone is 1. The number of hydrogen-bond donors (Lipinski definition) is 2. The van der Waals surface area contributed by atoms with E-state index in [9.17, 15) is 4.79 Å². The zero-order valence-corrected chi connectivity index (χ0v) is 17.1. The summed E-state index contributed by atoms with van der Waals surface area (Å²) in [4.78, 5) is 12.2. The molecular formula is C19H16Cl4N2O. The molecule has 2 unspecified atom stereocenters. The Kier molecular flexibility index (Phi) is 5.85. The Hall–Kier alpha value is -1.23. The lowest BCUT2D eigenvalue weighted by Gasteiger charge is -2.36. The number of hydrogen-bond acceptors (Lipinski definition) is 3. The number of rotatable bonds is 3. The maximum absolute atomic E-state index is 12.2. The van der Waals surface area contributed by atoms with E-state index in [2.05, 4.69) is 10.6 Å². The first kappa shape index (κ1) is 19.5. The Balaban J connectivity index is 2.08. The number of carbonyl (C=O) groups excluding carboxylic acids is 1. The number of Topliss-reactive ketones (excluding diaryl/α,β-unsaturated/α-hetero) is 1. The van der Waals surface area contributed by atoms with Crippen molar-refractivity contribution in [1.29, 1.82) is 0 Å². The van der Waals surface area contributed by atoms with E-state index in [0.29, 0.717) is 25.8 Å². The predicted molar refractivity (Wildman–Crippen MR) is 108 cm³/mol. The molecule has 1 aliphatic heterocycles. The Morgan fingerprint density at radius 1 is 0.923 bits per heavy atom. The SMILES string of the molecule is CC(=O)C1=C(C)C(c2ccc(Cl)cc2Cl)NC(c2ccc(Cl)cc2Cl)N1. The molecule has 2 N–H and O–H groups in total. The summed E-state index contributed by atoms with van der Waals surface area (Å²) in [7, 11) is 0. The average Bonchev–Trinajstić information content (AvgIpc) is 2.55. The van der Waals surface area contributed by atoms with Crippen LogP contribution in [0.25, 0.3) is 0 Å². The topological polar surface area (TPSA) is 41.1 Å². The zero-order valence-electron chi connectivity index (χ0n) is 14.0. The first-order chi connectivity index (χ1) is 12.3. The lowest BCUT2D eigenvalue weighted by atomic mass is 9.93. The summed E-state index contributed by atoms with van der Waals surface area (Å²) in [6.45, 7) is 3.42. The molecule has 2 atom stereocenters. The van der Waals surface area contributed by atoms with Crippen molar-refractivity contribution in [3.8, 4) is 0 Å². The largest absolute Gasteiger partial charge is 0.363 e. The molecule has 7 heteroatoms. The summed E-state index contributed by atoms with van der Waals surface area (Å²) in [5, 5.41) is 8.83. The van der Waals surface area contributed by atoms with E-state index < -0.39 is 0 Å². The Bertz CT molecular complexity index is 910. The van der Waals surface area contributed by atoms with Gasteiger partial charge in [0.1, 0.15) is 6.17 Å². The van der Waals surface area contributed by atoms with Crippen LogP contribution in [-0.4, -0.2) is 5.78 Å². The van der Waals surface area contributed by atoms with Crippen molar-refractivity contribution in [3.63, 3.8) is 0 Å². The van der Waals surface area contributed by atoms with Crippen molar-refractivity contribution in [3.05, 3.63) is 78.9 Å². The Morgan fingerprint density at radius 3 is 1.96 bits per heavy atom. The van der Waals surface area contributed by atoms with Gasteiger partial charge in [-0.25, -0.2) is 0 Å². The molecule has 3 nitrogen and oxygen atoms in total. The minimum atomic E-state index is -0.376. The maximum atomic E-state index is 12.2. The second-order valence-electron chi connectivity index (χ2n) is 6.12. The van der Waals surface area contributed by atoms with E-state index in [-0.39, 0.29) is 18.0 Å². The third-order valence-electron chi connectivity index (χ3n) is 4.35. The number of nitrogens with one attached hydrogen (secondary N) is 2. The molecule has 0 spiro atoms. The molecule has 0 saturated heterocycles. The van der Waals surface area contributed by atoms with Gasteiger partial charge in [0.15, 0.2) is 5.78 Å². The fourth-order valence-corrected chi connectivity index (χ4v) is 4.11. The third-order valence-corrected chi connectivity index (χ3v) is 5.47. The lowest BCUT2D eigenvalue weighted by Crippen LogP contribution is -2.44. The summed E-state index contributed by atoms with van der Waals surface area (Å²) < 4.78 is 0. The van der Waals surface area contributed by atoms with E-state index in [1.54, 1.807) is 24.3 Å². The maximum Gasteiger partial charge on any atom is 0.175 e. The number of carbonyl (C=O) groups is 1. The monoisotopic (exact) mass is 428 g/mol. The van der Waals surface area contributed by atoms with Crippen LogP contribution in [0.2, 0.25) is 20.1 Å². The second-order valence-corrected chi connectivity index (χ2v) is 7.81. The zero-order chi connectivity index (χ0) is 19.0. The van der Waals surface area contributed by atoms with Crippen molar-refractivity contribution >= 4 is 52.2 Å². The van der Waals surface area contributed by atoms with Crippen LogP contribution >= 0.6 is 46.4 Å². The van der Waals surface area contributed by atoms with E-state index in [1.807, 2.05) is 19.1 Å². The number of benzene rings is 2. The highest BCUT2D eigenvalue weighted by Crippen LogP contribution is 2.37. The molecule has 1 aliphatic rings. The fraction of sp³-hybridized carbons (Fsp3) is 0.211. The van der Waals surface area contributed by atoms with E-state index in [1.165, 1.54) is 6.92 Å². The van der Waals surface area contributed by atoms with Crippen LogP contribution in [0.4, 0.5) is 0 Å². The first-order valence-corrected chi connectivity index (χ1v) is 9.43. The van der Waals surface area contributed by atoms with Crippen molar-refractivity contribution in [2.75, 3.05) is 0 Å². The van der Waals surface area contributed by atoms with Gasteiger partial charge in [-0.3, -0.25) is 10.1 Å². The lowest BCUT2D eigenvalue weighted by molar-refractivity contribution is -0.114. The molecule has 0 bridgehead atoms. The molecule has 0 aliphatic carbocycles. The van der Waals surface area contributed by atoms with Crippen LogP contribution in [0, 0.1) is 0 Å². The Labute approximate surface area is 172 Å². The second kappa shape index (κ2) is 7.79. The van der Waals surface area contributed by atoms with Crippen LogP contribution < -0.4 is 10.6 Å². The summed E-state index contributed by atoms with van der Waals surface area (Å²) in [6, 6.07) is 10.3. The van der Waals surface area contributed by atoms with Crippen molar-refractivity contribution in [2.45, 2.75) is 26.1 Å². The smallest absolute Gasteiger partial charge is 0.175 e. The first-order valence-electron chi connectivity index (χ1n) is 7.92. The number of ketones is 1. The van der Waals surface area contributed by atoms with Gasteiger partial charge < -0.3 is 5.32 Å². The van der Waals surface area contributed by atoms with Crippen LogP contribution in [0.3, 0.4) is 0 Å². The molecular weight excluding hydrogens is 414 g/mol. The van der Waals surface area contributed by atoms with Gasteiger partial charge in [-0.15, -0.1) is 0 Å². The van der Waals surface area contributed by atoms with E-state index >= 15 is 0 Å². The molecule has 1 heterocycles. The predicted octanol–water partition coefficient (Wildman–Crippen LogP) is 6.10. The minimum Gasteiger partial charge on any atom is -0.363 e.